The zero-order chi connectivity index (χ0) is 16.4. The molecule has 5 nitrogen and oxygen atoms in total. The summed E-state index contributed by atoms with van der Waals surface area (Å²) in [5.74, 6) is -0.0833. The topological polar surface area (TPSA) is 61.8 Å². The van der Waals surface area contributed by atoms with Crippen LogP contribution in [0.4, 0.5) is 4.39 Å². The van der Waals surface area contributed by atoms with Crippen LogP contribution < -0.4 is 10.1 Å². The fraction of sp³-hybridized carbons (Fsp3) is 0.588. The number of hydrogen-bond donors (Lipinski definition) is 2. The summed E-state index contributed by atoms with van der Waals surface area (Å²) in [5.41, 5.74) is 0. The van der Waals surface area contributed by atoms with Crippen molar-refractivity contribution < 1.29 is 19.0 Å². The van der Waals surface area contributed by atoms with E-state index in [0.717, 1.165) is 25.9 Å². The van der Waals surface area contributed by atoms with Gasteiger partial charge in [0.25, 0.3) is 0 Å². The van der Waals surface area contributed by atoms with Gasteiger partial charge in [-0.25, -0.2) is 4.39 Å². The summed E-state index contributed by atoms with van der Waals surface area (Å²) >= 11 is 0. The second kappa shape index (κ2) is 6.84. The molecule has 0 bridgehead atoms. The van der Waals surface area contributed by atoms with E-state index in [9.17, 15) is 14.3 Å². The van der Waals surface area contributed by atoms with Crippen LogP contribution in [0.15, 0.2) is 24.3 Å². The standard InChI is InChI=1S/C17H23FN2O3/c1-11(21)19-14-10-15(23-13-6-4-5-12(18)9-13)17(22)16(14)20-7-2-3-8-20/h4-6,9,14-17,22H,2-3,7-8,10H2,1H3,(H,19,21)/t14-,15-,16+,17+/m1/s1. The molecule has 0 unspecified atom stereocenters. The number of ether oxygens (including phenoxy) is 1. The first-order valence-electron chi connectivity index (χ1n) is 8.16. The molecule has 2 aliphatic rings. The van der Waals surface area contributed by atoms with E-state index in [2.05, 4.69) is 10.2 Å². The predicted octanol–water partition coefficient (Wildman–Crippen LogP) is 1.31. The van der Waals surface area contributed by atoms with Crippen LogP contribution in [-0.2, 0) is 4.79 Å². The lowest BCUT2D eigenvalue weighted by molar-refractivity contribution is -0.120. The Bertz CT molecular complexity index is 563. The number of halogens is 1. The van der Waals surface area contributed by atoms with Gasteiger partial charge in [-0.05, 0) is 38.1 Å². The summed E-state index contributed by atoms with van der Waals surface area (Å²) < 4.78 is 19.1. The third-order valence-electron chi connectivity index (χ3n) is 4.66. The van der Waals surface area contributed by atoms with Crippen LogP contribution in [0.2, 0.25) is 0 Å². The highest BCUT2D eigenvalue weighted by atomic mass is 19.1. The molecule has 6 heteroatoms. The van der Waals surface area contributed by atoms with E-state index in [1.165, 1.54) is 19.1 Å². The zero-order valence-corrected chi connectivity index (χ0v) is 13.2. The number of likely N-dealkylation sites (tertiary alicyclic amines) is 1. The second-order valence-electron chi connectivity index (χ2n) is 6.38. The second-order valence-corrected chi connectivity index (χ2v) is 6.38. The molecule has 1 amide bonds. The van der Waals surface area contributed by atoms with E-state index in [1.54, 1.807) is 12.1 Å². The van der Waals surface area contributed by atoms with Gasteiger partial charge < -0.3 is 15.2 Å². The number of aliphatic hydroxyl groups is 1. The molecular formula is C17H23FN2O3. The highest BCUT2D eigenvalue weighted by Gasteiger charge is 2.47. The minimum absolute atomic E-state index is 0.113. The molecule has 2 fully saturated rings. The van der Waals surface area contributed by atoms with E-state index in [4.69, 9.17) is 4.74 Å². The van der Waals surface area contributed by atoms with Crippen molar-refractivity contribution >= 4 is 5.91 Å². The number of nitrogens with one attached hydrogen (secondary N) is 1. The van der Waals surface area contributed by atoms with Crippen LogP contribution in [0.5, 0.6) is 5.75 Å². The Morgan fingerprint density at radius 3 is 2.78 bits per heavy atom. The van der Waals surface area contributed by atoms with E-state index in [0.29, 0.717) is 12.2 Å². The maximum Gasteiger partial charge on any atom is 0.217 e. The molecule has 1 aromatic carbocycles. The number of nitrogens with zero attached hydrogens (tertiary/aromatic N) is 1. The molecule has 1 saturated carbocycles. The highest BCUT2D eigenvalue weighted by Crippen LogP contribution is 2.31. The maximum absolute atomic E-state index is 13.3. The van der Waals surface area contributed by atoms with Crippen molar-refractivity contribution in [2.45, 2.75) is 50.5 Å². The Labute approximate surface area is 135 Å². The molecule has 4 atom stereocenters. The first-order valence-corrected chi connectivity index (χ1v) is 8.16. The SMILES string of the molecule is CC(=O)N[C@@H]1C[C@@H](Oc2cccc(F)c2)[C@H](O)[C@H]1N1CCCC1. The van der Waals surface area contributed by atoms with Gasteiger partial charge in [0.2, 0.25) is 5.91 Å². The van der Waals surface area contributed by atoms with Crippen molar-refractivity contribution in [2.24, 2.45) is 0 Å². The van der Waals surface area contributed by atoms with Crippen LogP contribution in [0.25, 0.3) is 0 Å². The van der Waals surface area contributed by atoms with Crippen LogP contribution in [0.3, 0.4) is 0 Å². The van der Waals surface area contributed by atoms with Crippen LogP contribution in [0, 0.1) is 5.82 Å². The first-order chi connectivity index (χ1) is 11.0. The van der Waals surface area contributed by atoms with E-state index >= 15 is 0 Å². The summed E-state index contributed by atoms with van der Waals surface area (Å²) in [6, 6.07) is 5.61. The van der Waals surface area contributed by atoms with Gasteiger partial charge in [-0.3, -0.25) is 9.69 Å². The predicted molar refractivity (Wildman–Crippen MR) is 83.6 cm³/mol. The smallest absolute Gasteiger partial charge is 0.217 e. The molecule has 1 aliphatic heterocycles. The molecule has 0 aromatic heterocycles. The normalized spacial score (nSPS) is 31.3. The molecule has 1 aromatic rings. The van der Waals surface area contributed by atoms with Crippen molar-refractivity contribution in [1.29, 1.82) is 0 Å². The quantitative estimate of drug-likeness (QED) is 0.877. The van der Waals surface area contributed by atoms with Crippen molar-refractivity contribution in [3.8, 4) is 5.75 Å². The fourth-order valence-electron chi connectivity index (χ4n) is 3.74. The lowest BCUT2D eigenvalue weighted by Crippen LogP contribution is -2.52. The molecule has 3 rings (SSSR count). The first kappa shape index (κ1) is 16.2. The summed E-state index contributed by atoms with van der Waals surface area (Å²) in [6.07, 6.45) is 1.54. The lowest BCUT2D eigenvalue weighted by Gasteiger charge is -2.31. The Kier molecular flexibility index (Phi) is 4.82. The highest BCUT2D eigenvalue weighted by molar-refractivity contribution is 5.73. The Hall–Kier alpha value is -1.66. The van der Waals surface area contributed by atoms with Crippen molar-refractivity contribution in [1.82, 2.24) is 10.2 Å². The summed E-state index contributed by atoms with van der Waals surface area (Å²) in [6.45, 7) is 3.32. The third kappa shape index (κ3) is 3.64. The molecule has 126 valence electrons. The van der Waals surface area contributed by atoms with E-state index in [1.807, 2.05) is 0 Å². The average molecular weight is 322 g/mol. The Balaban J connectivity index is 1.75. The molecule has 2 N–H and O–H groups in total. The Morgan fingerprint density at radius 1 is 1.39 bits per heavy atom. The Morgan fingerprint density at radius 2 is 2.13 bits per heavy atom. The van der Waals surface area contributed by atoms with Gasteiger partial charge in [-0.15, -0.1) is 0 Å². The maximum atomic E-state index is 13.3. The van der Waals surface area contributed by atoms with Gasteiger partial charge in [0.1, 0.15) is 23.8 Å². The fourth-order valence-corrected chi connectivity index (χ4v) is 3.74. The summed E-state index contributed by atoms with van der Waals surface area (Å²) in [7, 11) is 0. The van der Waals surface area contributed by atoms with Crippen molar-refractivity contribution in [3.63, 3.8) is 0 Å². The number of hydrogen-bond acceptors (Lipinski definition) is 4. The average Bonchev–Trinajstić information content (AvgIpc) is 3.08. The third-order valence-corrected chi connectivity index (χ3v) is 4.66. The minimum atomic E-state index is -0.715. The molecule has 1 aliphatic carbocycles. The van der Waals surface area contributed by atoms with Crippen molar-refractivity contribution in [2.75, 3.05) is 13.1 Å². The van der Waals surface area contributed by atoms with Gasteiger partial charge in [0, 0.05) is 19.4 Å². The van der Waals surface area contributed by atoms with E-state index in [-0.39, 0.29) is 23.8 Å². The number of carbonyl (C=O) groups excluding carboxylic acids is 1. The number of amides is 1. The van der Waals surface area contributed by atoms with Crippen LogP contribution in [-0.4, -0.2) is 53.3 Å². The summed E-state index contributed by atoms with van der Waals surface area (Å²) in [4.78, 5) is 13.7. The molecule has 0 radical (unpaired) electrons. The van der Waals surface area contributed by atoms with Gasteiger partial charge in [-0.1, -0.05) is 6.07 Å². The summed E-state index contributed by atoms with van der Waals surface area (Å²) in [5, 5.41) is 13.6. The number of rotatable bonds is 4. The molecule has 0 spiro atoms. The zero-order valence-electron chi connectivity index (χ0n) is 13.2. The van der Waals surface area contributed by atoms with Crippen molar-refractivity contribution in [3.05, 3.63) is 30.1 Å². The largest absolute Gasteiger partial charge is 0.487 e. The molecule has 23 heavy (non-hydrogen) atoms. The van der Waals surface area contributed by atoms with Gasteiger partial charge in [0.05, 0.1) is 12.1 Å². The monoisotopic (exact) mass is 322 g/mol. The molecule has 1 saturated heterocycles. The molecular weight excluding hydrogens is 299 g/mol. The van der Waals surface area contributed by atoms with Gasteiger partial charge in [0.15, 0.2) is 0 Å². The number of benzene rings is 1. The van der Waals surface area contributed by atoms with Gasteiger partial charge >= 0.3 is 0 Å². The van der Waals surface area contributed by atoms with E-state index < -0.39 is 12.2 Å². The molecule has 1 heterocycles. The van der Waals surface area contributed by atoms with Gasteiger partial charge in [-0.2, -0.15) is 0 Å². The number of carbonyl (C=O) groups is 1. The van der Waals surface area contributed by atoms with Crippen LogP contribution >= 0.6 is 0 Å². The van der Waals surface area contributed by atoms with Crippen LogP contribution in [0.1, 0.15) is 26.2 Å². The lowest BCUT2D eigenvalue weighted by atomic mass is 10.1. The minimum Gasteiger partial charge on any atom is -0.487 e. The number of aliphatic hydroxyl groups excluding tert-OH is 1.